The van der Waals surface area contributed by atoms with Crippen LogP contribution in [0.15, 0.2) is 0 Å². The molecule has 14 heavy (non-hydrogen) atoms. The first-order valence-electron chi connectivity index (χ1n) is 5.53. The van der Waals surface area contributed by atoms with Crippen molar-refractivity contribution in [3.8, 4) is 0 Å². The minimum Gasteiger partial charge on any atom is -0.384 e. The van der Waals surface area contributed by atoms with Gasteiger partial charge in [0.2, 0.25) is 0 Å². The van der Waals surface area contributed by atoms with Crippen LogP contribution < -0.4 is 11.5 Å². The van der Waals surface area contributed by atoms with Crippen molar-refractivity contribution in [2.24, 2.45) is 23.3 Å². The Balaban J connectivity index is 2.60. The summed E-state index contributed by atoms with van der Waals surface area (Å²) in [5.41, 5.74) is 12.4. The number of hydrogen-bond acceptors (Lipinski definition) is 3. The standard InChI is InChI=1S/C11H24N2O/c1-8(2)11(13)5-4-10(12)9(6-11)7-14-3/h8-10H,4-7,12-13H2,1-3H3. The topological polar surface area (TPSA) is 61.3 Å². The molecule has 4 N–H and O–H groups in total. The number of hydrogen-bond donors (Lipinski definition) is 2. The third kappa shape index (κ3) is 2.47. The molecule has 1 fully saturated rings. The highest BCUT2D eigenvalue weighted by Crippen LogP contribution is 2.35. The van der Waals surface area contributed by atoms with Crippen molar-refractivity contribution < 1.29 is 4.74 Å². The van der Waals surface area contributed by atoms with Gasteiger partial charge < -0.3 is 16.2 Å². The van der Waals surface area contributed by atoms with E-state index in [0.717, 1.165) is 25.9 Å². The number of rotatable bonds is 3. The maximum atomic E-state index is 6.37. The Kier molecular flexibility index (Phi) is 3.93. The normalized spacial score (nSPS) is 39.0. The summed E-state index contributed by atoms with van der Waals surface area (Å²) >= 11 is 0. The fraction of sp³-hybridized carbons (Fsp3) is 1.00. The molecular formula is C11H24N2O. The summed E-state index contributed by atoms with van der Waals surface area (Å²) in [6, 6.07) is 0.269. The molecular weight excluding hydrogens is 176 g/mol. The summed E-state index contributed by atoms with van der Waals surface area (Å²) in [5.74, 6) is 0.954. The van der Waals surface area contributed by atoms with Crippen molar-refractivity contribution in [3.05, 3.63) is 0 Å². The first-order valence-corrected chi connectivity index (χ1v) is 5.53. The minimum absolute atomic E-state index is 0.0287. The smallest absolute Gasteiger partial charge is 0.0505 e. The molecule has 1 rings (SSSR count). The maximum Gasteiger partial charge on any atom is 0.0505 e. The molecule has 3 nitrogen and oxygen atoms in total. The van der Waals surface area contributed by atoms with Crippen LogP contribution >= 0.6 is 0 Å². The van der Waals surface area contributed by atoms with Crippen LogP contribution in [0.5, 0.6) is 0 Å². The van der Waals surface area contributed by atoms with E-state index in [2.05, 4.69) is 13.8 Å². The zero-order valence-electron chi connectivity index (χ0n) is 9.62. The zero-order valence-corrected chi connectivity index (χ0v) is 9.62. The fourth-order valence-electron chi connectivity index (χ4n) is 2.33. The second-order valence-electron chi connectivity index (χ2n) is 5.01. The minimum atomic E-state index is -0.0287. The van der Waals surface area contributed by atoms with Crippen LogP contribution in [0.3, 0.4) is 0 Å². The average molecular weight is 200 g/mol. The highest BCUT2D eigenvalue weighted by molar-refractivity contribution is 4.97. The van der Waals surface area contributed by atoms with Gasteiger partial charge in [-0.15, -0.1) is 0 Å². The van der Waals surface area contributed by atoms with Gasteiger partial charge in [0.1, 0.15) is 0 Å². The third-order valence-electron chi connectivity index (χ3n) is 3.72. The van der Waals surface area contributed by atoms with E-state index in [4.69, 9.17) is 16.2 Å². The van der Waals surface area contributed by atoms with E-state index in [9.17, 15) is 0 Å². The largest absolute Gasteiger partial charge is 0.384 e. The molecule has 0 aliphatic heterocycles. The lowest BCUT2D eigenvalue weighted by Gasteiger charge is -2.43. The van der Waals surface area contributed by atoms with Gasteiger partial charge in [0.25, 0.3) is 0 Å². The molecule has 0 bridgehead atoms. The molecule has 3 heteroatoms. The Morgan fingerprint density at radius 2 is 2.14 bits per heavy atom. The lowest BCUT2D eigenvalue weighted by molar-refractivity contribution is 0.0755. The monoisotopic (exact) mass is 200 g/mol. The van der Waals surface area contributed by atoms with Crippen LogP contribution in [0.4, 0.5) is 0 Å². The van der Waals surface area contributed by atoms with Crippen molar-refractivity contribution >= 4 is 0 Å². The van der Waals surface area contributed by atoms with E-state index < -0.39 is 0 Å². The summed E-state index contributed by atoms with van der Waals surface area (Å²) < 4.78 is 5.19. The van der Waals surface area contributed by atoms with Crippen molar-refractivity contribution in [3.63, 3.8) is 0 Å². The fourth-order valence-corrected chi connectivity index (χ4v) is 2.33. The Labute approximate surface area is 87.2 Å². The lowest BCUT2D eigenvalue weighted by atomic mass is 9.69. The Morgan fingerprint density at radius 3 is 2.64 bits per heavy atom. The second-order valence-corrected chi connectivity index (χ2v) is 5.01. The van der Waals surface area contributed by atoms with E-state index in [0.29, 0.717) is 11.8 Å². The molecule has 3 atom stereocenters. The van der Waals surface area contributed by atoms with Crippen LogP contribution in [-0.4, -0.2) is 25.3 Å². The summed E-state index contributed by atoms with van der Waals surface area (Å²) in [5, 5.41) is 0. The Bertz CT molecular complexity index is 184. The molecule has 0 saturated heterocycles. The molecule has 1 aliphatic carbocycles. The van der Waals surface area contributed by atoms with Gasteiger partial charge in [-0.1, -0.05) is 13.8 Å². The van der Waals surface area contributed by atoms with E-state index in [-0.39, 0.29) is 11.6 Å². The van der Waals surface area contributed by atoms with Crippen LogP contribution in [-0.2, 0) is 4.74 Å². The molecule has 84 valence electrons. The van der Waals surface area contributed by atoms with Gasteiger partial charge in [-0.2, -0.15) is 0 Å². The molecule has 0 amide bonds. The molecule has 1 aliphatic rings. The van der Waals surface area contributed by atoms with Gasteiger partial charge in [-0.3, -0.25) is 0 Å². The molecule has 0 aromatic heterocycles. The summed E-state index contributed by atoms with van der Waals surface area (Å²) in [6.45, 7) is 5.13. The summed E-state index contributed by atoms with van der Waals surface area (Å²) in [6.07, 6.45) is 3.08. The van der Waals surface area contributed by atoms with Gasteiger partial charge in [0.15, 0.2) is 0 Å². The van der Waals surface area contributed by atoms with E-state index in [1.165, 1.54) is 0 Å². The predicted octanol–water partition coefficient (Wildman–Crippen LogP) is 1.11. The maximum absolute atomic E-state index is 6.37. The summed E-state index contributed by atoms with van der Waals surface area (Å²) in [4.78, 5) is 0. The Morgan fingerprint density at radius 1 is 1.50 bits per heavy atom. The molecule has 0 aromatic carbocycles. The quantitative estimate of drug-likeness (QED) is 0.717. The SMILES string of the molecule is COCC1CC(N)(C(C)C)CCC1N. The molecule has 1 saturated carbocycles. The first-order chi connectivity index (χ1) is 6.49. The van der Waals surface area contributed by atoms with Crippen molar-refractivity contribution in [2.45, 2.75) is 44.7 Å². The van der Waals surface area contributed by atoms with Crippen molar-refractivity contribution in [2.75, 3.05) is 13.7 Å². The highest BCUT2D eigenvalue weighted by atomic mass is 16.5. The Hall–Kier alpha value is -0.120. The van der Waals surface area contributed by atoms with Crippen LogP contribution in [0.2, 0.25) is 0 Å². The molecule has 0 radical (unpaired) electrons. The highest BCUT2D eigenvalue weighted by Gasteiger charge is 2.38. The predicted molar refractivity (Wildman–Crippen MR) is 58.9 cm³/mol. The lowest BCUT2D eigenvalue weighted by Crippen LogP contribution is -2.54. The first kappa shape index (κ1) is 12.0. The van der Waals surface area contributed by atoms with Crippen LogP contribution in [0.25, 0.3) is 0 Å². The van der Waals surface area contributed by atoms with Crippen molar-refractivity contribution in [1.82, 2.24) is 0 Å². The zero-order chi connectivity index (χ0) is 10.8. The van der Waals surface area contributed by atoms with Gasteiger partial charge in [-0.05, 0) is 31.1 Å². The van der Waals surface area contributed by atoms with Gasteiger partial charge in [-0.25, -0.2) is 0 Å². The van der Waals surface area contributed by atoms with Gasteiger partial charge in [0.05, 0.1) is 6.61 Å². The van der Waals surface area contributed by atoms with E-state index in [1.807, 2.05) is 0 Å². The van der Waals surface area contributed by atoms with E-state index >= 15 is 0 Å². The molecule has 0 aromatic rings. The average Bonchev–Trinajstić information content (AvgIpc) is 2.12. The molecule has 3 unspecified atom stereocenters. The number of ether oxygens (including phenoxy) is 1. The van der Waals surface area contributed by atoms with Gasteiger partial charge >= 0.3 is 0 Å². The number of methoxy groups -OCH3 is 1. The number of nitrogens with two attached hydrogens (primary N) is 2. The van der Waals surface area contributed by atoms with Crippen LogP contribution in [0.1, 0.15) is 33.1 Å². The second kappa shape index (κ2) is 4.60. The molecule has 0 spiro atoms. The van der Waals surface area contributed by atoms with Crippen molar-refractivity contribution in [1.29, 1.82) is 0 Å². The van der Waals surface area contributed by atoms with E-state index in [1.54, 1.807) is 7.11 Å². The summed E-state index contributed by atoms with van der Waals surface area (Å²) in [7, 11) is 1.73. The van der Waals surface area contributed by atoms with Crippen LogP contribution in [0, 0.1) is 11.8 Å². The van der Waals surface area contributed by atoms with Gasteiger partial charge in [0, 0.05) is 18.7 Å². The third-order valence-corrected chi connectivity index (χ3v) is 3.72. The molecule has 0 heterocycles.